The zero-order valence-electron chi connectivity index (χ0n) is 21.5. The maximum absolute atomic E-state index is 13.2. The van der Waals surface area contributed by atoms with Gasteiger partial charge in [-0.1, -0.05) is 41.6 Å². The highest BCUT2D eigenvalue weighted by Crippen LogP contribution is 2.29. The number of anilines is 1. The zero-order chi connectivity index (χ0) is 27.5. The predicted molar refractivity (Wildman–Crippen MR) is 153 cm³/mol. The van der Waals surface area contributed by atoms with E-state index in [4.69, 9.17) is 16.3 Å². The van der Waals surface area contributed by atoms with Crippen LogP contribution in [-0.2, 0) is 11.8 Å². The number of nitrogens with one attached hydrogen (secondary N) is 1. The molecule has 3 aromatic carbocycles. The van der Waals surface area contributed by atoms with Gasteiger partial charge < -0.3 is 10.1 Å². The van der Waals surface area contributed by atoms with E-state index in [0.29, 0.717) is 33.1 Å². The van der Waals surface area contributed by atoms with E-state index in [1.54, 1.807) is 37.9 Å². The Morgan fingerprint density at radius 3 is 2.33 bits per heavy atom. The molecule has 0 aliphatic carbocycles. The monoisotopic (exact) mass is 560 g/mol. The molecule has 0 atom stereocenters. The molecule has 0 aliphatic rings. The van der Waals surface area contributed by atoms with Gasteiger partial charge in [-0.05, 0) is 67.6 Å². The molecular weight excluding hydrogens is 536 g/mol. The van der Waals surface area contributed by atoms with Crippen molar-refractivity contribution in [2.45, 2.75) is 12.1 Å². The Morgan fingerprint density at radius 2 is 1.67 bits per heavy atom. The number of methoxy groups -OCH3 is 1. The smallest absolute Gasteiger partial charge is 0.295 e. The van der Waals surface area contributed by atoms with Gasteiger partial charge in [0, 0.05) is 23.3 Å². The Kier molecular flexibility index (Phi) is 7.58. The summed E-state index contributed by atoms with van der Waals surface area (Å²) in [5.41, 5.74) is 2.93. The van der Waals surface area contributed by atoms with Crippen molar-refractivity contribution in [3.8, 4) is 28.5 Å². The molecule has 0 fully saturated rings. The van der Waals surface area contributed by atoms with Crippen molar-refractivity contribution < 1.29 is 9.53 Å². The molecule has 9 nitrogen and oxygen atoms in total. The normalized spacial score (nSPS) is 11.0. The van der Waals surface area contributed by atoms with Crippen LogP contribution in [-0.4, -0.2) is 42.9 Å². The van der Waals surface area contributed by atoms with Crippen molar-refractivity contribution in [2.75, 3.05) is 18.2 Å². The van der Waals surface area contributed by atoms with E-state index in [9.17, 15) is 9.59 Å². The molecule has 0 saturated carbocycles. The number of para-hydroxylation sites is 1. The second-order valence-corrected chi connectivity index (χ2v) is 10.00. The van der Waals surface area contributed by atoms with E-state index < -0.39 is 0 Å². The highest BCUT2D eigenvalue weighted by Gasteiger charge is 2.21. The predicted octanol–water partition coefficient (Wildman–Crippen LogP) is 5.12. The number of nitrogens with zero attached hydrogens (tertiary/aromatic N) is 5. The number of carbonyl (C=O) groups is 1. The summed E-state index contributed by atoms with van der Waals surface area (Å²) in [6, 6.07) is 24.1. The SMILES string of the molecule is COc1ccc(-n2c(SCC(=O)Nc3c(C)n(C)n(-c4ccccc4)c3=O)nnc2-c2ccc(Cl)cc2)cc1. The van der Waals surface area contributed by atoms with Crippen LogP contribution in [0.5, 0.6) is 5.75 Å². The van der Waals surface area contributed by atoms with E-state index in [0.717, 1.165) is 11.3 Å². The molecule has 0 unspecified atom stereocenters. The number of benzene rings is 3. The van der Waals surface area contributed by atoms with Gasteiger partial charge in [0.2, 0.25) is 5.91 Å². The number of hydrogen-bond donors (Lipinski definition) is 1. The first-order chi connectivity index (χ1) is 18.9. The lowest BCUT2D eigenvalue weighted by atomic mass is 10.2. The van der Waals surface area contributed by atoms with E-state index in [1.165, 1.54) is 16.4 Å². The Labute approximate surface area is 234 Å². The summed E-state index contributed by atoms with van der Waals surface area (Å²) in [6.07, 6.45) is 0. The maximum Gasteiger partial charge on any atom is 0.295 e. The zero-order valence-corrected chi connectivity index (χ0v) is 23.0. The molecule has 11 heteroatoms. The molecule has 0 spiro atoms. The number of aromatic nitrogens is 5. The van der Waals surface area contributed by atoms with Crippen LogP contribution in [0.2, 0.25) is 5.02 Å². The number of ether oxygens (including phenoxy) is 1. The third-order valence-electron chi connectivity index (χ3n) is 6.22. The lowest BCUT2D eigenvalue weighted by Gasteiger charge is -2.11. The van der Waals surface area contributed by atoms with Crippen molar-refractivity contribution >= 4 is 35.0 Å². The second kappa shape index (κ2) is 11.2. The van der Waals surface area contributed by atoms with Crippen LogP contribution in [0.1, 0.15) is 5.69 Å². The first kappa shape index (κ1) is 26.3. The van der Waals surface area contributed by atoms with Gasteiger partial charge in [0.25, 0.3) is 5.56 Å². The van der Waals surface area contributed by atoms with Crippen LogP contribution in [0, 0.1) is 6.92 Å². The Balaban J connectivity index is 1.41. The summed E-state index contributed by atoms with van der Waals surface area (Å²) >= 11 is 7.30. The van der Waals surface area contributed by atoms with Gasteiger partial charge in [0.1, 0.15) is 11.4 Å². The molecule has 5 aromatic rings. The Bertz CT molecular complexity index is 1680. The number of thioether (sulfide) groups is 1. The van der Waals surface area contributed by atoms with Gasteiger partial charge in [-0.15, -0.1) is 10.2 Å². The molecule has 0 saturated heterocycles. The van der Waals surface area contributed by atoms with Crippen LogP contribution in [0.4, 0.5) is 5.69 Å². The minimum atomic E-state index is -0.330. The summed E-state index contributed by atoms with van der Waals surface area (Å²) in [5.74, 6) is 1.01. The lowest BCUT2D eigenvalue weighted by Crippen LogP contribution is -2.23. The van der Waals surface area contributed by atoms with Crippen molar-refractivity contribution in [3.05, 3.63) is 99.9 Å². The fourth-order valence-corrected chi connectivity index (χ4v) is 5.01. The average molecular weight is 561 g/mol. The molecule has 0 radical (unpaired) electrons. The van der Waals surface area contributed by atoms with Crippen LogP contribution < -0.4 is 15.6 Å². The molecule has 0 bridgehead atoms. The standard InChI is InChI=1S/C28H25ClN6O3S/c1-18-25(27(37)35(33(18)2)22-7-5-4-6-8-22)30-24(36)17-39-28-32-31-26(19-9-11-20(29)12-10-19)34(28)21-13-15-23(38-3)16-14-21/h4-16H,17H2,1-3H3,(H,30,36). The summed E-state index contributed by atoms with van der Waals surface area (Å²) in [6.45, 7) is 1.79. The van der Waals surface area contributed by atoms with Gasteiger partial charge >= 0.3 is 0 Å². The number of carbonyl (C=O) groups excluding carboxylic acids is 1. The quantitative estimate of drug-likeness (QED) is 0.264. The second-order valence-electron chi connectivity index (χ2n) is 8.62. The largest absolute Gasteiger partial charge is 0.497 e. The van der Waals surface area contributed by atoms with Crippen molar-refractivity contribution in [2.24, 2.45) is 7.05 Å². The number of halogens is 1. The Hall–Kier alpha value is -4.28. The molecule has 5 rings (SSSR count). The molecule has 1 amide bonds. The number of rotatable bonds is 8. The maximum atomic E-state index is 13.2. The summed E-state index contributed by atoms with van der Waals surface area (Å²) in [5, 5.41) is 12.7. The molecule has 0 aliphatic heterocycles. The Morgan fingerprint density at radius 1 is 0.974 bits per heavy atom. The third-order valence-corrected chi connectivity index (χ3v) is 7.40. The van der Waals surface area contributed by atoms with Crippen LogP contribution in [0.3, 0.4) is 0 Å². The summed E-state index contributed by atoms with van der Waals surface area (Å²) in [4.78, 5) is 26.2. The summed E-state index contributed by atoms with van der Waals surface area (Å²) in [7, 11) is 3.39. The molecule has 2 aromatic heterocycles. The van der Waals surface area contributed by atoms with Crippen LogP contribution in [0.25, 0.3) is 22.8 Å². The van der Waals surface area contributed by atoms with E-state index in [2.05, 4.69) is 15.5 Å². The fourth-order valence-electron chi connectivity index (χ4n) is 4.13. The highest BCUT2D eigenvalue weighted by atomic mass is 35.5. The van der Waals surface area contributed by atoms with Crippen LogP contribution in [0.15, 0.2) is 88.8 Å². The number of amides is 1. The number of hydrogen-bond acceptors (Lipinski definition) is 6. The van der Waals surface area contributed by atoms with Gasteiger partial charge in [-0.2, -0.15) is 0 Å². The van der Waals surface area contributed by atoms with E-state index in [-0.39, 0.29) is 22.9 Å². The molecule has 198 valence electrons. The van der Waals surface area contributed by atoms with E-state index >= 15 is 0 Å². The van der Waals surface area contributed by atoms with Crippen molar-refractivity contribution in [3.63, 3.8) is 0 Å². The van der Waals surface area contributed by atoms with E-state index in [1.807, 2.05) is 71.3 Å². The molecule has 39 heavy (non-hydrogen) atoms. The van der Waals surface area contributed by atoms with Gasteiger partial charge in [-0.25, -0.2) is 4.68 Å². The average Bonchev–Trinajstić information content (AvgIpc) is 3.47. The summed E-state index contributed by atoms with van der Waals surface area (Å²) < 4.78 is 10.4. The first-order valence-corrected chi connectivity index (χ1v) is 13.4. The lowest BCUT2D eigenvalue weighted by molar-refractivity contribution is -0.113. The van der Waals surface area contributed by atoms with Gasteiger partial charge in [-0.3, -0.25) is 18.8 Å². The minimum Gasteiger partial charge on any atom is -0.497 e. The first-order valence-electron chi connectivity index (χ1n) is 12.0. The van der Waals surface area contributed by atoms with Crippen molar-refractivity contribution in [1.29, 1.82) is 0 Å². The van der Waals surface area contributed by atoms with Gasteiger partial charge in [0.15, 0.2) is 11.0 Å². The molecule has 2 heterocycles. The highest BCUT2D eigenvalue weighted by molar-refractivity contribution is 7.99. The minimum absolute atomic E-state index is 0.0218. The molecule has 1 N–H and O–H groups in total. The molecular formula is C28H25ClN6O3S. The van der Waals surface area contributed by atoms with Crippen LogP contribution >= 0.6 is 23.4 Å². The topological polar surface area (TPSA) is 96.0 Å². The van der Waals surface area contributed by atoms with Gasteiger partial charge in [0.05, 0.1) is 24.2 Å². The van der Waals surface area contributed by atoms with Crippen molar-refractivity contribution in [1.82, 2.24) is 24.1 Å². The third kappa shape index (κ3) is 5.34. The fraction of sp³-hybridized carbons (Fsp3) is 0.143.